The van der Waals surface area contributed by atoms with Crippen LogP contribution < -0.4 is 16.0 Å². The lowest BCUT2D eigenvalue weighted by atomic mass is 10.0. The van der Waals surface area contributed by atoms with Gasteiger partial charge in [0.25, 0.3) is 5.91 Å². The van der Waals surface area contributed by atoms with Gasteiger partial charge >= 0.3 is 0 Å². The van der Waals surface area contributed by atoms with Crippen LogP contribution in [0.1, 0.15) is 29.0 Å². The number of quaternary nitrogens is 1. The van der Waals surface area contributed by atoms with E-state index in [4.69, 9.17) is 0 Å². The van der Waals surface area contributed by atoms with Crippen molar-refractivity contribution in [3.63, 3.8) is 0 Å². The van der Waals surface area contributed by atoms with Crippen LogP contribution in [0.25, 0.3) is 0 Å². The topological polar surface area (TPSA) is 74.8 Å². The molecule has 6 heteroatoms. The van der Waals surface area contributed by atoms with Crippen molar-refractivity contribution in [2.45, 2.75) is 19.9 Å². The van der Waals surface area contributed by atoms with Gasteiger partial charge in [0.05, 0.1) is 4.88 Å². The number of anilines is 2. The molecule has 0 unspecified atom stereocenters. The first-order chi connectivity index (χ1) is 13.5. The van der Waals surface area contributed by atoms with E-state index >= 15 is 0 Å². The van der Waals surface area contributed by atoms with Crippen LogP contribution in [0.3, 0.4) is 0 Å². The summed E-state index contributed by atoms with van der Waals surface area (Å²) in [6.07, 6.45) is 0. The van der Waals surface area contributed by atoms with Crippen LogP contribution in [0.15, 0.2) is 66.0 Å². The van der Waals surface area contributed by atoms with Crippen molar-refractivity contribution in [3.05, 3.63) is 82.0 Å². The van der Waals surface area contributed by atoms with E-state index in [0.29, 0.717) is 17.9 Å². The summed E-state index contributed by atoms with van der Waals surface area (Å²) in [5, 5.41) is 9.72. The summed E-state index contributed by atoms with van der Waals surface area (Å²) in [5.41, 5.74) is 3.80. The van der Waals surface area contributed by atoms with E-state index in [-0.39, 0.29) is 17.9 Å². The highest BCUT2D eigenvalue weighted by Crippen LogP contribution is 2.23. The number of nitrogens with one attached hydrogen (secondary N) is 2. The molecule has 0 saturated heterocycles. The van der Waals surface area contributed by atoms with Crippen molar-refractivity contribution in [3.8, 4) is 0 Å². The fourth-order valence-corrected chi connectivity index (χ4v) is 3.79. The molecular formula is C22H24N3O2S+. The van der Waals surface area contributed by atoms with Crippen molar-refractivity contribution >= 4 is 34.5 Å². The van der Waals surface area contributed by atoms with Crippen LogP contribution in [-0.4, -0.2) is 18.4 Å². The van der Waals surface area contributed by atoms with Crippen LogP contribution in [0, 0.1) is 6.92 Å². The number of aryl methyl sites for hydroxylation is 1. The molecule has 2 amide bonds. The lowest BCUT2D eigenvalue weighted by Crippen LogP contribution is -2.87. The Kier molecular flexibility index (Phi) is 6.57. The van der Waals surface area contributed by atoms with Gasteiger partial charge in [0.1, 0.15) is 6.04 Å². The number of hydrogen-bond acceptors (Lipinski definition) is 3. The number of thiophene rings is 1. The Morgan fingerprint density at radius 1 is 0.964 bits per heavy atom. The van der Waals surface area contributed by atoms with Crippen LogP contribution in [0.2, 0.25) is 0 Å². The maximum absolute atomic E-state index is 12.4. The molecule has 0 spiro atoms. The molecule has 0 bridgehead atoms. The molecule has 5 nitrogen and oxygen atoms in total. The Morgan fingerprint density at radius 3 is 2.18 bits per heavy atom. The van der Waals surface area contributed by atoms with Crippen molar-refractivity contribution in [2.75, 3.05) is 17.2 Å². The number of hydrogen-bond donors (Lipinski definition) is 3. The summed E-state index contributed by atoms with van der Waals surface area (Å²) < 4.78 is 0. The molecule has 0 aliphatic rings. The third-order valence-corrected chi connectivity index (χ3v) is 5.27. The standard InChI is InChI=1S/C22H23N3O2S/c1-15-5-7-17(8-6-15)22(20-4-3-13-28-20)23-14-21(27)25-19-11-9-18(10-12-19)24-16(2)26/h3-13,22-23H,14H2,1-2H3,(H,24,26)(H,25,27)/p+1/t22-/m1/s1. The molecule has 1 heterocycles. The molecule has 1 atom stereocenters. The zero-order valence-electron chi connectivity index (χ0n) is 15.9. The Hall–Kier alpha value is -2.96. The zero-order valence-corrected chi connectivity index (χ0v) is 16.8. The molecule has 0 saturated carbocycles. The number of amides is 2. The van der Waals surface area contributed by atoms with Gasteiger partial charge < -0.3 is 16.0 Å². The predicted molar refractivity (Wildman–Crippen MR) is 114 cm³/mol. The SMILES string of the molecule is CC(=O)Nc1ccc(NC(=O)C[NH2+][C@H](c2ccc(C)cc2)c2cccs2)cc1. The lowest BCUT2D eigenvalue weighted by Gasteiger charge is -2.15. The lowest BCUT2D eigenvalue weighted by molar-refractivity contribution is -0.675. The molecule has 0 aliphatic carbocycles. The highest BCUT2D eigenvalue weighted by atomic mass is 32.1. The van der Waals surface area contributed by atoms with Crippen LogP contribution in [0.4, 0.5) is 11.4 Å². The molecule has 0 radical (unpaired) electrons. The monoisotopic (exact) mass is 394 g/mol. The zero-order chi connectivity index (χ0) is 19.9. The van der Waals surface area contributed by atoms with Gasteiger partial charge in [-0.3, -0.25) is 9.59 Å². The average Bonchev–Trinajstić information content (AvgIpc) is 3.19. The first-order valence-electron chi connectivity index (χ1n) is 9.12. The average molecular weight is 395 g/mol. The smallest absolute Gasteiger partial charge is 0.279 e. The van der Waals surface area contributed by atoms with E-state index in [1.165, 1.54) is 22.9 Å². The Bertz CT molecular complexity index is 919. The molecule has 144 valence electrons. The van der Waals surface area contributed by atoms with Gasteiger partial charge in [-0.2, -0.15) is 0 Å². The number of benzene rings is 2. The second kappa shape index (κ2) is 9.30. The summed E-state index contributed by atoms with van der Waals surface area (Å²) >= 11 is 1.69. The summed E-state index contributed by atoms with van der Waals surface area (Å²) in [6, 6.07) is 19.7. The van der Waals surface area contributed by atoms with Gasteiger partial charge in [-0.15, -0.1) is 11.3 Å². The first kappa shape index (κ1) is 19.8. The van der Waals surface area contributed by atoms with Gasteiger partial charge in [-0.05, 0) is 42.6 Å². The molecule has 0 aliphatic heterocycles. The van der Waals surface area contributed by atoms with Gasteiger partial charge in [-0.1, -0.05) is 35.9 Å². The largest absolute Gasteiger partial charge is 0.328 e. The van der Waals surface area contributed by atoms with Gasteiger partial charge in [0.15, 0.2) is 6.54 Å². The fraction of sp³-hybridized carbons (Fsp3) is 0.182. The highest BCUT2D eigenvalue weighted by molar-refractivity contribution is 7.10. The summed E-state index contributed by atoms with van der Waals surface area (Å²) in [6.45, 7) is 3.84. The van der Waals surface area contributed by atoms with Gasteiger partial charge in [0, 0.05) is 23.9 Å². The Balaban J connectivity index is 1.62. The Morgan fingerprint density at radius 2 is 1.61 bits per heavy atom. The molecule has 28 heavy (non-hydrogen) atoms. The number of rotatable bonds is 7. The third kappa shape index (κ3) is 5.52. The highest BCUT2D eigenvalue weighted by Gasteiger charge is 2.20. The molecule has 0 fully saturated rings. The fourth-order valence-electron chi connectivity index (χ4n) is 2.94. The molecule has 3 rings (SSSR count). The number of nitrogens with two attached hydrogens (primary N) is 1. The molecule has 3 aromatic rings. The summed E-state index contributed by atoms with van der Waals surface area (Å²) in [4.78, 5) is 24.7. The molecule has 2 aromatic carbocycles. The quantitative estimate of drug-likeness (QED) is 0.575. The normalized spacial score (nSPS) is 11.6. The van der Waals surface area contributed by atoms with Crippen molar-refractivity contribution in [1.82, 2.24) is 0 Å². The number of carbonyl (C=O) groups excluding carboxylic acids is 2. The van der Waals surface area contributed by atoms with Crippen LogP contribution >= 0.6 is 11.3 Å². The minimum atomic E-state index is -0.123. The first-order valence-corrected chi connectivity index (χ1v) is 10.00. The van der Waals surface area contributed by atoms with Crippen LogP contribution in [-0.2, 0) is 9.59 Å². The maximum Gasteiger partial charge on any atom is 0.279 e. The summed E-state index contributed by atoms with van der Waals surface area (Å²) in [7, 11) is 0. The van der Waals surface area contributed by atoms with Gasteiger partial charge in [-0.25, -0.2) is 0 Å². The second-order valence-corrected chi connectivity index (χ2v) is 7.63. The van der Waals surface area contributed by atoms with E-state index in [9.17, 15) is 9.59 Å². The summed E-state index contributed by atoms with van der Waals surface area (Å²) in [5.74, 6) is -0.192. The van der Waals surface area contributed by atoms with E-state index in [1.54, 1.807) is 35.6 Å². The Labute approximate surface area is 168 Å². The molecular weight excluding hydrogens is 370 g/mol. The van der Waals surface area contributed by atoms with Crippen LogP contribution in [0.5, 0.6) is 0 Å². The van der Waals surface area contributed by atoms with E-state index < -0.39 is 0 Å². The third-order valence-electron chi connectivity index (χ3n) is 4.31. The van der Waals surface area contributed by atoms with Crippen molar-refractivity contribution in [2.24, 2.45) is 0 Å². The minimum Gasteiger partial charge on any atom is -0.328 e. The molecule has 1 aromatic heterocycles. The van der Waals surface area contributed by atoms with E-state index in [1.807, 2.05) is 6.07 Å². The van der Waals surface area contributed by atoms with Crippen molar-refractivity contribution in [1.29, 1.82) is 0 Å². The second-order valence-electron chi connectivity index (χ2n) is 6.65. The minimum absolute atomic E-state index is 0.0686. The van der Waals surface area contributed by atoms with E-state index in [2.05, 4.69) is 58.6 Å². The van der Waals surface area contributed by atoms with Gasteiger partial charge in [0.2, 0.25) is 5.91 Å². The predicted octanol–water partition coefficient (Wildman–Crippen LogP) is 3.31. The maximum atomic E-state index is 12.4. The van der Waals surface area contributed by atoms with E-state index in [0.717, 1.165) is 0 Å². The number of carbonyl (C=O) groups is 2. The molecule has 4 N–H and O–H groups in total. The van der Waals surface area contributed by atoms with Crippen molar-refractivity contribution < 1.29 is 14.9 Å².